The van der Waals surface area contributed by atoms with E-state index in [1.165, 1.54) is 19.2 Å². The normalized spacial score (nSPS) is 10.3. The lowest BCUT2D eigenvalue weighted by Gasteiger charge is -2.10. The molecule has 1 amide bonds. The Morgan fingerprint density at radius 2 is 1.86 bits per heavy atom. The minimum absolute atomic E-state index is 0.278. The standard InChI is InChI=1S/C15H13Cl2NO2S/c1-20-14-12(16)6-9(7-13(14)17)15(19)18-10-4-3-5-11(8-10)21-2/h3-8H,1-2H3,(H,18,19). The first-order chi connectivity index (χ1) is 10.0. The topological polar surface area (TPSA) is 38.3 Å². The van der Waals surface area contributed by atoms with Crippen LogP contribution >= 0.6 is 35.0 Å². The van der Waals surface area contributed by atoms with E-state index in [1.807, 2.05) is 30.5 Å². The summed E-state index contributed by atoms with van der Waals surface area (Å²) in [5, 5.41) is 3.41. The molecule has 0 radical (unpaired) electrons. The third-order valence-corrected chi connectivity index (χ3v) is 4.08. The minimum Gasteiger partial charge on any atom is -0.494 e. The van der Waals surface area contributed by atoms with Crippen LogP contribution in [-0.2, 0) is 0 Å². The number of hydrogen-bond donors (Lipinski definition) is 1. The Morgan fingerprint density at radius 3 is 2.43 bits per heavy atom. The number of halogens is 2. The number of benzene rings is 2. The highest BCUT2D eigenvalue weighted by Crippen LogP contribution is 2.34. The van der Waals surface area contributed by atoms with Crippen LogP contribution in [0.5, 0.6) is 5.75 Å². The average molecular weight is 342 g/mol. The van der Waals surface area contributed by atoms with Crippen molar-refractivity contribution < 1.29 is 9.53 Å². The largest absolute Gasteiger partial charge is 0.494 e. The average Bonchev–Trinajstić information content (AvgIpc) is 2.47. The maximum Gasteiger partial charge on any atom is 0.255 e. The Hall–Kier alpha value is -1.36. The number of amides is 1. The van der Waals surface area contributed by atoms with Crippen molar-refractivity contribution in [2.75, 3.05) is 18.7 Å². The smallest absolute Gasteiger partial charge is 0.255 e. The Bertz CT molecular complexity index is 653. The van der Waals surface area contributed by atoms with E-state index >= 15 is 0 Å². The van der Waals surface area contributed by atoms with Crippen molar-refractivity contribution in [2.24, 2.45) is 0 Å². The molecule has 110 valence electrons. The van der Waals surface area contributed by atoms with Crippen LogP contribution in [0, 0.1) is 0 Å². The fraction of sp³-hybridized carbons (Fsp3) is 0.133. The van der Waals surface area contributed by atoms with Gasteiger partial charge >= 0.3 is 0 Å². The molecule has 0 atom stereocenters. The highest BCUT2D eigenvalue weighted by Gasteiger charge is 2.13. The molecule has 0 saturated carbocycles. The van der Waals surface area contributed by atoms with Crippen LogP contribution in [-0.4, -0.2) is 19.3 Å². The van der Waals surface area contributed by atoms with Crippen molar-refractivity contribution in [3.8, 4) is 5.75 Å². The molecule has 0 aliphatic carbocycles. The van der Waals surface area contributed by atoms with Gasteiger partial charge in [-0.05, 0) is 36.6 Å². The van der Waals surface area contributed by atoms with Crippen molar-refractivity contribution in [2.45, 2.75) is 4.90 Å². The lowest BCUT2D eigenvalue weighted by molar-refractivity contribution is 0.102. The second-order valence-corrected chi connectivity index (χ2v) is 5.85. The summed E-state index contributed by atoms with van der Waals surface area (Å²) < 4.78 is 5.06. The van der Waals surface area contributed by atoms with Gasteiger partial charge in [0, 0.05) is 16.1 Å². The van der Waals surface area contributed by atoms with E-state index in [9.17, 15) is 4.79 Å². The van der Waals surface area contributed by atoms with Crippen molar-refractivity contribution in [3.63, 3.8) is 0 Å². The van der Waals surface area contributed by atoms with E-state index in [1.54, 1.807) is 11.8 Å². The SMILES string of the molecule is COc1c(Cl)cc(C(=O)Nc2cccc(SC)c2)cc1Cl. The molecule has 0 unspecified atom stereocenters. The number of methoxy groups -OCH3 is 1. The fourth-order valence-electron chi connectivity index (χ4n) is 1.79. The first-order valence-corrected chi connectivity index (χ1v) is 8.01. The summed E-state index contributed by atoms with van der Waals surface area (Å²) in [5.74, 6) is 0.0824. The number of carbonyl (C=O) groups is 1. The molecular weight excluding hydrogens is 329 g/mol. The zero-order valence-corrected chi connectivity index (χ0v) is 13.8. The van der Waals surface area contributed by atoms with Crippen molar-refractivity contribution >= 4 is 46.6 Å². The second-order valence-electron chi connectivity index (χ2n) is 4.16. The molecule has 2 aromatic carbocycles. The van der Waals surface area contributed by atoms with E-state index in [0.29, 0.717) is 21.4 Å². The highest BCUT2D eigenvalue weighted by atomic mass is 35.5. The molecule has 0 spiro atoms. The molecule has 1 N–H and O–H groups in total. The Kier molecular flexibility index (Phi) is 5.39. The first-order valence-electron chi connectivity index (χ1n) is 6.03. The lowest BCUT2D eigenvalue weighted by Crippen LogP contribution is -2.12. The van der Waals surface area contributed by atoms with Crippen molar-refractivity contribution in [1.29, 1.82) is 0 Å². The maximum atomic E-state index is 12.2. The van der Waals surface area contributed by atoms with Gasteiger partial charge in [-0.1, -0.05) is 29.3 Å². The summed E-state index contributed by atoms with van der Waals surface area (Å²) in [6, 6.07) is 10.6. The molecule has 0 heterocycles. The van der Waals surface area contributed by atoms with Gasteiger partial charge in [-0.2, -0.15) is 0 Å². The Balaban J connectivity index is 2.24. The minimum atomic E-state index is -0.278. The molecule has 0 aliphatic rings. The van der Waals surface area contributed by atoms with Gasteiger partial charge in [0.05, 0.1) is 17.2 Å². The van der Waals surface area contributed by atoms with Gasteiger partial charge < -0.3 is 10.1 Å². The highest BCUT2D eigenvalue weighted by molar-refractivity contribution is 7.98. The number of ether oxygens (including phenoxy) is 1. The molecule has 2 rings (SSSR count). The summed E-state index contributed by atoms with van der Waals surface area (Å²) >= 11 is 13.7. The number of thioether (sulfide) groups is 1. The molecule has 0 aliphatic heterocycles. The quantitative estimate of drug-likeness (QED) is 0.797. The number of anilines is 1. The monoisotopic (exact) mass is 341 g/mol. The Labute approximate surface area is 137 Å². The van der Waals surface area contributed by atoms with Crippen LogP contribution in [0.2, 0.25) is 10.0 Å². The predicted molar refractivity (Wildman–Crippen MR) is 89.2 cm³/mol. The zero-order valence-electron chi connectivity index (χ0n) is 11.4. The summed E-state index contributed by atoms with van der Waals surface area (Å²) in [6.07, 6.45) is 1.98. The van der Waals surface area contributed by atoms with Gasteiger partial charge in [-0.25, -0.2) is 0 Å². The molecule has 6 heteroatoms. The van der Waals surface area contributed by atoms with Crippen molar-refractivity contribution in [3.05, 3.63) is 52.0 Å². The van der Waals surface area contributed by atoms with Crippen LogP contribution in [0.15, 0.2) is 41.3 Å². The molecule has 0 aromatic heterocycles. The van der Waals surface area contributed by atoms with Crippen molar-refractivity contribution in [1.82, 2.24) is 0 Å². The summed E-state index contributed by atoms with van der Waals surface area (Å²) in [5.41, 5.74) is 1.09. The Morgan fingerprint density at radius 1 is 1.19 bits per heavy atom. The van der Waals surface area contributed by atoms with Crippen LogP contribution in [0.25, 0.3) is 0 Å². The third kappa shape index (κ3) is 3.84. The fourth-order valence-corrected chi connectivity index (χ4v) is 2.89. The van der Waals surface area contributed by atoms with E-state index in [-0.39, 0.29) is 5.91 Å². The van der Waals surface area contributed by atoms with Crippen LogP contribution in [0.1, 0.15) is 10.4 Å². The van der Waals surface area contributed by atoms with Gasteiger partial charge in [-0.15, -0.1) is 11.8 Å². The van der Waals surface area contributed by atoms with Gasteiger partial charge in [0.1, 0.15) is 0 Å². The van der Waals surface area contributed by atoms with Gasteiger partial charge in [0.2, 0.25) is 0 Å². The molecule has 3 nitrogen and oxygen atoms in total. The number of hydrogen-bond acceptors (Lipinski definition) is 3. The van der Waals surface area contributed by atoms with Crippen LogP contribution in [0.3, 0.4) is 0 Å². The first kappa shape index (κ1) is 16.0. The second kappa shape index (κ2) is 7.07. The molecule has 21 heavy (non-hydrogen) atoms. The summed E-state index contributed by atoms with van der Waals surface area (Å²) in [4.78, 5) is 13.3. The van der Waals surface area contributed by atoms with E-state index in [0.717, 1.165) is 10.6 Å². The maximum absolute atomic E-state index is 12.2. The third-order valence-electron chi connectivity index (χ3n) is 2.79. The summed E-state index contributed by atoms with van der Waals surface area (Å²) in [7, 11) is 1.47. The molecular formula is C15H13Cl2NO2S. The lowest BCUT2D eigenvalue weighted by atomic mass is 10.2. The van der Waals surface area contributed by atoms with Gasteiger partial charge in [0.25, 0.3) is 5.91 Å². The predicted octanol–water partition coefficient (Wildman–Crippen LogP) is 4.98. The van der Waals surface area contributed by atoms with Crippen LogP contribution in [0.4, 0.5) is 5.69 Å². The van der Waals surface area contributed by atoms with E-state index in [2.05, 4.69) is 5.32 Å². The molecule has 0 saturated heterocycles. The van der Waals surface area contributed by atoms with Gasteiger partial charge in [0.15, 0.2) is 5.75 Å². The number of nitrogens with one attached hydrogen (secondary N) is 1. The number of carbonyl (C=O) groups excluding carboxylic acids is 1. The number of rotatable bonds is 4. The molecule has 0 bridgehead atoms. The van der Waals surface area contributed by atoms with E-state index < -0.39 is 0 Å². The van der Waals surface area contributed by atoms with Gasteiger partial charge in [-0.3, -0.25) is 4.79 Å². The molecule has 2 aromatic rings. The summed E-state index contributed by atoms with van der Waals surface area (Å²) in [6.45, 7) is 0. The molecule has 0 fully saturated rings. The van der Waals surface area contributed by atoms with E-state index in [4.69, 9.17) is 27.9 Å². The zero-order chi connectivity index (χ0) is 15.4. The van der Waals surface area contributed by atoms with Crippen LogP contribution < -0.4 is 10.1 Å².